The lowest BCUT2D eigenvalue weighted by Gasteiger charge is -2.37. The first-order valence-corrected chi connectivity index (χ1v) is 7.76. The van der Waals surface area contributed by atoms with Crippen LogP contribution in [0.2, 0.25) is 0 Å². The van der Waals surface area contributed by atoms with E-state index in [1.54, 1.807) is 0 Å². The fourth-order valence-electron chi connectivity index (χ4n) is 2.80. The van der Waals surface area contributed by atoms with Gasteiger partial charge in [0.15, 0.2) is 0 Å². The van der Waals surface area contributed by atoms with Crippen LogP contribution in [0.5, 0.6) is 0 Å². The Labute approximate surface area is 122 Å². The van der Waals surface area contributed by atoms with Crippen molar-refractivity contribution in [2.75, 3.05) is 26.3 Å². The van der Waals surface area contributed by atoms with Crippen molar-refractivity contribution in [1.82, 2.24) is 10.2 Å². The zero-order valence-corrected chi connectivity index (χ0v) is 13.0. The van der Waals surface area contributed by atoms with E-state index in [9.17, 15) is 4.79 Å². The summed E-state index contributed by atoms with van der Waals surface area (Å²) in [4.78, 5) is 13.9. The Morgan fingerprint density at radius 1 is 1.20 bits per heavy atom. The molecule has 0 bridgehead atoms. The van der Waals surface area contributed by atoms with Crippen LogP contribution in [0.25, 0.3) is 0 Å². The van der Waals surface area contributed by atoms with E-state index in [1.165, 1.54) is 0 Å². The molecule has 2 aliphatic rings. The number of carbonyl (C=O) groups excluding carboxylic acids is 1. The summed E-state index contributed by atoms with van der Waals surface area (Å²) in [6.45, 7) is 8.99. The number of amides is 1. The lowest BCUT2D eigenvalue weighted by Crippen LogP contribution is -2.52. The third-order valence-corrected chi connectivity index (χ3v) is 3.77. The standard InChI is InChI=1S/C15H28N2O3/c1-15(2,3)20-14(18)17-8-4-5-13(11-17)16-12-6-9-19-10-7-12/h12-13,16H,4-11H2,1-3H3. The zero-order chi connectivity index (χ0) is 14.6. The summed E-state index contributed by atoms with van der Waals surface area (Å²) in [5, 5.41) is 3.68. The molecule has 5 heteroatoms. The molecule has 1 N–H and O–H groups in total. The molecule has 2 saturated heterocycles. The molecule has 2 rings (SSSR count). The molecule has 2 fully saturated rings. The van der Waals surface area contributed by atoms with Crippen molar-refractivity contribution in [1.29, 1.82) is 0 Å². The van der Waals surface area contributed by atoms with Crippen LogP contribution >= 0.6 is 0 Å². The predicted molar refractivity (Wildman–Crippen MR) is 77.8 cm³/mol. The van der Waals surface area contributed by atoms with Crippen LogP contribution in [0.3, 0.4) is 0 Å². The highest BCUT2D eigenvalue weighted by molar-refractivity contribution is 5.68. The van der Waals surface area contributed by atoms with E-state index in [0.29, 0.717) is 12.1 Å². The number of piperidine rings is 1. The van der Waals surface area contributed by atoms with E-state index >= 15 is 0 Å². The highest BCUT2D eigenvalue weighted by Gasteiger charge is 2.28. The van der Waals surface area contributed by atoms with E-state index in [1.807, 2.05) is 25.7 Å². The molecule has 2 aliphatic heterocycles. The van der Waals surface area contributed by atoms with E-state index in [-0.39, 0.29) is 6.09 Å². The lowest BCUT2D eigenvalue weighted by atomic mass is 10.0. The van der Waals surface area contributed by atoms with Gasteiger partial charge in [0.2, 0.25) is 0 Å². The highest BCUT2D eigenvalue weighted by Crippen LogP contribution is 2.17. The number of carbonyl (C=O) groups is 1. The van der Waals surface area contributed by atoms with Gasteiger partial charge in [-0.3, -0.25) is 0 Å². The molecule has 0 radical (unpaired) electrons. The minimum atomic E-state index is -0.418. The summed E-state index contributed by atoms with van der Waals surface area (Å²) in [5.41, 5.74) is -0.418. The maximum absolute atomic E-state index is 12.1. The van der Waals surface area contributed by atoms with Gasteiger partial charge in [-0.05, 0) is 46.5 Å². The number of likely N-dealkylation sites (tertiary alicyclic amines) is 1. The van der Waals surface area contributed by atoms with E-state index < -0.39 is 5.60 Å². The van der Waals surface area contributed by atoms with Crippen molar-refractivity contribution < 1.29 is 14.3 Å². The molecule has 1 amide bonds. The fourth-order valence-corrected chi connectivity index (χ4v) is 2.80. The summed E-state index contributed by atoms with van der Waals surface area (Å²) >= 11 is 0. The number of nitrogens with zero attached hydrogens (tertiary/aromatic N) is 1. The van der Waals surface area contributed by atoms with Crippen LogP contribution in [0.4, 0.5) is 4.79 Å². The second-order valence-corrected chi connectivity index (χ2v) is 6.82. The molecular weight excluding hydrogens is 256 g/mol. The van der Waals surface area contributed by atoms with E-state index in [2.05, 4.69) is 5.32 Å². The summed E-state index contributed by atoms with van der Waals surface area (Å²) in [5.74, 6) is 0. The Morgan fingerprint density at radius 2 is 1.90 bits per heavy atom. The van der Waals surface area contributed by atoms with Gasteiger partial charge in [-0.15, -0.1) is 0 Å². The Hall–Kier alpha value is -0.810. The monoisotopic (exact) mass is 284 g/mol. The molecule has 2 heterocycles. The molecule has 0 aromatic heterocycles. The van der Waals surface area contributed by atoms with Gasteiger partial charge < -0.3 is 19.7 Å². The molecule has 20 heavy (non-hydrogen) atoms. The quantitative estimate of drug-likeness (QED) is 0.844. The number of rotatable bonds is 2. The van der Waals surface area contributed by atoms with Crippen LogP contribution in [-0.2, 0) is 9.47 Å². The average molecular weight is 284 g/mol. The van der Waals surface area contributed by atoms with Gasteiger partial charge in [0, 0.05) is 38.4 Å². The van der Waals surface area contributed by atoms with E-state index in [4.69, 9.17) is 9.47 Å². The molecule has 0 aromatic rings. The number of hydrogen-bond donors (Lipinski definition) is 1. The van der Waals surface area contributed by atoms with Crippen LogP contribution in [0.15, 0.2) is 0 Å². The maximum Gasteiger partial charge on any atom is 0.410 e. The van der Waals surface area contributed by atoms with Gasteiger partial charge in [-0.25, -0.2) is 4.79 Å². The largest absolute Gasteiger partial charge is 0.444 e. The predicted octanol–water partition coefficient (Wildman–Crippen LogP) is 2.15. The summed E-state index contributed by atoms with van der Waals surface area (Å²) < 4.78 is 10.8. The van der Waals surface area contributed by atoms with Crippen LogP contribution in [0.1, 0.15) is 46.5 Å². The molecule has 0 aromatic carbocycles. The Balaban J connectivity index is 1.80. The summed E-state index contributed by atoms with van der Waals surface area (Å²) in [6, 6.07) is 0.923. The van der Waals surface area contributed by atoms with Crippen LogP contribution < -0.4 is 5.32 Å². The average Bonchev–Trinajstić information content (AvgIpc) is 2.38. The molecule has 1 unspecified atom stereocenters. The first-order valence-electron chi connectivity index (χ1n) is 7.76. The van der Waals surface area contributed by atoms with Crippen molar-refractivity contribution in [2.45, 2.75) is 64.1 Å². The number of hydrogen-bond acceptors (Lipinski definition) is 4. The van der Waals surface area contributed by atoms with Gasteiger partial charge in [0.25, 0.3) is 0 Å². The molecular formula is C15H28N2O3. The minimum Gasteiger partial charge on any atom is -0.444 e. The second-order valence-electron chi connectivity index (χ2n) is 6.82. The molecule has 1 atom stereocenters. The Morgan fingerprint density at radius 3 is 2.55 bits per heavy atom. The summed E-state index contributed by atoms with van der Waals surface area (Å²) in [7, 11) is 0. The third kappa shape index (κ3) is 4.94. The lowest BCUT2D eigenvalue weighted by molar-refractivity contribution is 0.0167. The second kappa shape index (κ2) is 6.76. The molecule has 5 nitrogen and oxygen atoms in total. The van der Waals surface area contributed by atoms with Gasteiger partial charge in [0.1, 0.15) is 5.60 Å². The Bertz CT molecular complexity index is 322. The van der Waals surface area contributed by atoms with Crippen LogP contribution in [0, 0.1) is 0 Å². The molecule has 0 aliphatic carbocycles. The van der Waals surface area contributed by atoms with Crippen molar-refractivity contribution in [3.63, 3.8) is 0 Å². The van der Waals surface area contributed by atoms with Crippen molar-refractivity contribution in [3.05, 3.63) is 0 Å². The fraction of sp³-hybridized carbons (Fsp3) is 0.933. The smallest absolute Gasteiger partial charge is 0.410 e. The van der Waals surface area contributed by atoms with Crippen molar-refractivity contribution in [2.24, 2.45) is 0 Å². The van der Waals surface area contributed by atoms with Gasteiger partial charge in [0.05, 0.1) is 0 Å². The number of nitrogens with one attached hydrogen (secondary N) is 1. The normalized spacial score (nSPS) is 25.6. The molecule has 0 saturated carbocycles. The summed E-state index contributed by atoms with van der Waals surface area (Å²) in [6.07, 6.45) is 4.14. The number of ether oxygens (including phenoxy) is 2. The minimum absolute atomic E-state index is 0.184. The Kier molecular flexibility index (Phi) is 5.27. The zero-order valence-electron chi connectivity index (χ0n) is 13.0. The highest BCUT2D eigenvalue weighted by atomic mass is 16.6. The van der Waals surface area contributed by atoms with E-state index in [0.717, 1.165) is 52.0 Å². The topological polar surface area (TPSA) is 50.8 Å². The van der Waals surface area contributed by atoms with Crippen LogP contribution in [-0.4, -0.2) is 55.0 Å². The van der Waals surface area contributed by atoms with Crippen molar-refractivity contribution >= 4 is 6.09 Å². The van der Waals surface area contributed by atoms with Crippen molar-refractivity contribution in [3.8, 4) is 0 Å². The first-order chi connectivity index (χ1) is 9.44. The maximum atomic E-state index is 12.1. The van der Waals surface area contributed by atoms with Gasteiger partial charge in [-0.1, -0.05) is 0 Å². The van der Waals surface area contributed by atoms with Gasteiger partial charge >= 0.3 is 6.09 Å². The third-order valence-electron chi connectivity index (χ3n) is 3.77. The SMILES string of the molecule is CC(C)(C)OC(=O)N1CCCC(NC2CCOCC2)C1. The van der Waals surface area contributed by atoms with Gasteiger partial charge in [-0.2, -0.15) is 0 Å². The molecule has 116 valence electrons. The first kappa shape index (κ1) is 15.6. The molecule has 0 spiro atoms.